The van der Waals surface area contributed by atoms with Crippen molar-refractivity contribution in [3.63, 3.8) is 0 Å². The standard InChI is InChI=1S/C5H8BrO2/c1-8-5(7)3-2-4-6/h4H,2-3H2,1H3. The number of halogens is 1. The minimum atomic E-state index is -0.166. The molecule has 0 saturated heterocycles. The van der Waals surface area contributed by atoms with Crippen LogP contribution in [0.25, 0.3) is 0 Å². The van der Waals surface area contributed by atoms with Crippen LogP contribution in [0.1, 0.15) is 12.8 Å². The lowest BCUT2D eigenvalue weighted by Gasteiger charge is -1.92. The van der Waals surface area contributed by atoms with Gasteiger partial charge in [0.2, 0.25) is 0 Å². The van der Waals surface area contributed by atoms with E-state index in [-0.39, 0.29) is 5.97 Å². The normalized spacial score (nSPS) is 8.75. The number of ether oxygens (including phenoxy) is 1. The third-order valence-corrected chi connectivity index (χ3v) is 1.14. The fourth-order valence-electron chi connectivity index (χ4n) is 0.274. The zero-order chi connectivity index (χ0) is 6.41. The number of carbonyl (C=O) groups is 1. The average molecular weight is 180 g/mol. The summed E-state index contributed by atoms with van der Waals surface area (Å²) in [4.78, 5) is 10.3. The van der Waals surface area contributed by atoms with Gasteiger partial charge in [-0.1, -0.05) is 15.9 Å². The molecule has 2 nitrogen and oxygen atoms in total. The summed E-state index contributed by atoms with van der Waals surface area (Å²) >= 11 is 3.07. The summed E-state index contributed by atoms with van der Waals surface area (Å²) in [6.45, 7) is 0. The predicted octanol–water partition coefficient (Wildman–Crippen LogP) is 1.50. The second kappa shape index (κ2) is 5.09. The Morgan fingerprint density at radius 1 is 1.88 bits per heavy atom. The smallest absolute Gasteiger partial charge is 0.305 e. The molecule has 0 fully saturated rings. The van der Waals surface area contributed by atoms with Crippen molar-refractivity contribution in [3.8, 4) is 0 Å². The van der Waals surface area contributed by atoms with Crippen molar-refractivity contribution >= 4 is 21.9 Å². The first-order valence-electron chi connectivity index (χ1n) is 2.30. The molecule has 0 aliphatic heterocycles. The predicted molar refractivity (Wildman–Crippen MR) is 34.5 cm³/mol. The van der Waals surface area contributed by atoms with Crippen LogP contribution in [0.15, 0.2) is 0 Å². The summed E-state index contributed by atoms with van der Waals surface area (Å²) in [5.74, 6) is -0.166. The van der Waals surface area contributed by atoms with Gasteiger partial charge in [-0.3, -0.25) is 4.79 Å². The first kappa shape index (κ1) is 7.95. The number of carbonyl (C=O) groups excluding carboxylic acids is 1. The molecule has 0 aliphatic carbocycles. The van der Waals surface area contributed by atoms with Crippen LogP contribution < -0.4 is 0 Å². The Kier molecular flexibility index (Phi) is 5.06. The van der Waals surface area contributed by atoms with E-state index in [9.17, 15) is 4.79 Å². The van der Waals surface area contributed by atoms with Gasteiger partial charge in [0.05, 0.1) is 7.11 Å². The van der Waals surface area contributed by atoms with Gasteiger partial charge in [0.25, 0.3) is 0 Å². The van der Waals surface area contributed by atoms with Crippen molar-refractivity contribution < 1.29 is 9.53 Å². The number of esters is 1. The van der Waals surface area contributed by atoms with Crippen molar-refractivity contribution in [1.29, 1.82) is 0 Å². The lowest BCUT2D eigenvalue weighted by atomic mass is 10.3. The van der Waals surface area contributed by atoms with Crippen molar-refractivity contribution in [2.24, 2.45) is 0 Å². The molecular formula is C5H8BrO2. The van der Waals surface area contributed by atoms with E-state index >= 15 is 0 Å². The van der Waals surface area contributed by atoms with E-state index in [1.807, 2.05) is 0 Å². The van der Waals surface area contributed by atoms with E-state index < -0.39 is 0 Å². The summed E-state index contributed by atoms with van der Waals surface area (Å²) in [6.07, 6.45) is 1.19. The topological polar surface area (TPSA) is 26.3 Å². The maximum absolute atomic E-state index is 10.3. The molecule has 0 atom stereocenters. The van der Waals surface area contributed by atoms with Crippen LogP contribution in [0.3, 0.4) is 0 Å². The van der Waals surface area contributed by atoms with Crippen LogP contribution in [-0.4, -0.2) is 13.1 Å². The van der Waals surface area contributed by atoms with Crippen LogP contribution in [0.5, 0.6) is 0 Å². The largest absolute Gasteiger partial charge is 0.469 e. The summed E-state index contributed by atoms with van der Waals surface area (Å²) in [5.41, 5.74) is 0. The molecule has 0 bridgehead atoms. The SMILES string of the molecule is COC(=O)CC[CH]Br. The first-order valence-corrected chi connectivity index (χ1v) is 3.21. The van der Waals surface area contributed by atoms with Crippen molar-refractivity contribution in [2.45, 2.75) is 12.8 Å². The van der Waals surface area contributed by atoms with E-state index in [2.05, 4.69) is 20.7 Å². The van der Waals surface area contributed by atoms with Crippen LogP contribution in [0, 0.1) is 5.33 Å². The Labute approximate surface area is 57.3 Å². The van der Waals surface area contributed by atoms with E-state index in [0.29, 0.717) is 6.42 Å². The van der Waals surface area contributed by atoms with E-state index in [1.54, 1.807) is 5.33 Å². The Morgan fingerprint density at radius 3 is 2.88 bits per heavy atom. The third kappa shape index (κ3) is 4.12. The van der Waals surface area contributed by atoms with Crippen LogP contribution in [-0.2, 0) is 9.53 Å². The van der Waals surface area contributed by atoms with E-state index in [4.69, 9.17) is 0 Å². The van der Waals surface area contributed by atoms with Gasteiger partial charge in [-0.2, -0.15) is 0 Å². The molecule has 0 heterocycles. The molecule has 0 spiro atoms. The molecule has 3 heteroatoms. The Hall–Kier alpha value is -0.0500. The number of hydrogen-bond acceptors (Lipinski definition) is 2. The number of rotatable bonds is 3. The lowest BCUT2D eigenvalue weighted by Crippen LogP contribution is -1.98. The number of methoxy groups -OCH3 is 1. The monoisotopic (exact) mass is 179 g/mol. The highest BCUT2D eigenvalue weighted by molar-refractivity contribution is 9.10. The second-order valence-corrected chi connectivity index (χ2v) is 1.92. The summed E-state index contributed by atoms with van der Waals surface area (Å²) < 4.78 is 4.37. The van der Waals surface area contributed by atoms with Crippen LogP contribution >= 0.6 is 15.9 Å². The minimum Gasteiger partial charge on any atom is -0.469 e. The molecule has 0 N–H and O–H groups in total. The highest BCUT2D eigenvalue weighted by Gasteiger charge is 1.95. The van der Waals surface area contributed by atoms with Gasteiger partial charge < -0.3 is 4.74 Å². The average Bonchev–Trinajstić information content (AvgIpc) is 1.83. The van der Waals surface area contributed by atoms with Gasteiger partial charge >= 0.3 is 5.97 Å². The molecule has 0 aliphatic rings. The Balaban J connectivity index is 2.99. The fourth-order valence-corrected chi connectivity index (χ4v) is 0.503. The van der Waals surface area contributed by atoms with Crippen molar-refractivity contribution in [3.05, 3.63) is 5.33 Å². The van der Waals surface area contributed by atoms with Gasteiger partial charge in [-0.25, -0.2) is 0 Å². The molecule has 0 aromatic carbocycles. The molecular weight excluding hydrogens is 172 g/mol. The maximum Gasteiger partial charge on any atom is 0.305 e. The van der Waals surface area contributed by atoms with Gasteiger partial charge in [-0.05, 0) is 6.42 Å². The van der Waals surface area contributed by atoms with Crippen LogP contribution in [0.2, 0.25) is 0 Å². The maximum atomic E-state index is 10.3. The highest BCUT2D eigenvalue weighted by atomic mass is 79.9. The van der Waals surface area contributed by atoms with Gasteiger partial charge in [0, 0.05) is 11.8 Å². The molecule has 0 aromatic heterocycles. The Bertz CT molecular complexity index is 72.8. The zero-order valence-corrected chi connectivity index (χ0v) is 6.27. The zero-order valence-electron chi connectivity index (χ0n) is 4.69. The molecule has 0 amide bonds. The minimum absolute atomic E-state index is 0.166. The van der Waals surface area contributed by atoms with E-state index in [1.165, 1.54) is 7.11 Å². The van der Waals surface area contributed by atoms with Crippen molar-refractivity contribution in [1.82, 2.24) is 0 Å². The highest BCUT2D eigenvalue weighted by Crippen LogP contribution is 1.99. The summed E-state index contributed by atoms with van der Waals surface area (Å²) in [5, 5.41) is 1.75. The molecule has 0 saturated carbocycles. The molecule has 0 unspecified atom stereocenters. The van der Waals surface area contributed by atoms with Crippen molar-refractivity contribution in [2.75, 3.05) is 7.11 Å². The fraction of sp³-hybridized carbons (Fsp3) is 0.600. The van der Waals surface area contributed by atoms with Crippen LogP contribution in [0.4, 0.5) is 0 Å². The van der Waals surface area contributed by atoms with Gasteiger partial charge in [0.15, 0.2) is 0 Å². The summed E-state index contributed by atoms with van der Waals surface area (Å²) in [7, 11) is 1.39. The molecule has 1 radical (unpaired) electrons. The summed E-state index contributed by atoms with van der Waals surface area (Å²) in [6, 6.07) is 0. The first-order chi connectivity index (χ1) is 3.81. The van der Waals surface area contributed by atoms with E-state index in [0.717, 1.165) is 6.42 Å². The van der Waals surface area contributed by atoms with Gasteiger partial charge in [-0.15, -0.1) is 0 Å². The van der Waals surface area contributed by atoms with Gasteiger partial charge in [0.1, 0.15) is 0 Å². The lowest BCUT2D eigenvalue weighted by molar-refractivity contribution is -0.140. The quantitative estimate of drug-likeness (QED) is 0.615. The molecule has 0 aromatic rings. The second-order valence-electron chi connectivity index (χ2n) is 1.27. The molecule has 8 heavy (non-hydrogen) atoms. The molecule has 0 rings (SSSR count). The molecule has 47 valence electrons. The Morgan fingerprint density at radius 2 is 2.50 bits per heavy atom. The number of hydrogen-bond donors (Lipinski definition) is 0. The third-order valence-electron chi connectivity index (χ3n) is 0.685.